The lowest BCUT2D eigenvalue weighted by molar-refractivity contribution is 0.0690. The maximum absolute atomic E-state index is 13.3. The summed E-state index contributed by atoms with van der Waals surface area (Å²) in [6.45, 7) is 9.45. The first-order chi connectivity index (χ1) is 12.9. The number of aromatic nitrogens is 2. The Labute approximate surface area is 173 Å². The van der Waals surface area contributed by atoms with Crippen LogP contribution < -0.4 is 10.1 Å². The summed E-state index contributed by atoms with van der Waals surface area (Å²) in [6.07, 6.45) is 1.69. The average Bonchev–Trinajstić information content (AvgIpc) is 3.08. The van der Waals surface area contributed by atoms with E-state index in [1.54, 1.807) is 7.11 Å². The molecule has 0 fully saturated rings. The van der Waals surface area contributed by atoms with Crippen molar-refractivity contribution in [2.75, 3.05) is 26.7 Å². The summed E-state index contributed by atoms with van der Waals surface area (Å²) in [7, 11) is 1.66. The number of ether oxygens (including phenoxy) is 1. The van der Waals surface area contributed by atoms with Crippen LogP contribution in [-0.2, 0) is 19.4 Å². The first-order valence-corrected chi connectivity index (χ1v) is 9.56. The molecule has 3 rings (SSSR count). The SMILES string of the molecule is COc1ccc(CCN(CC(C)(C)C)C(=O)c2n[nH]c3c2CNCC3)cc1.Cl. The molecule has 2 heterocycles. The van der Waals surface area contributed by atoms with Gasteiger partial charge in [-0.05, 0) is 29.5 Å². The smallest absolute Gasteiger partial charge is 0.274 e. The van der Waals surface area contributed by atoms with E-state index in [4.69, 9.17) is 4.74 Å². The number of fused-ring (bicyclic) bond motifs is 1. The summed E-state index contributed by atoms with van der Waals surface area (Å²) >= 11 is 0. The second-order valence-electron chi connectivity index (χ2n) is 8.34. The van der Waals surface area contributed by atoms with Gasteiger partial charge in [0.25, 0.3) is 5.91 Å². The maximum Gasteiger partial charge on any atom is 0.274 e. The quantitative estimate of drug-likeness (QED) is 0.772. The van der Waals surface area contributed by atoms with Gasteiger partial charge in [0.1, 0.15) is 5.75 Å². The topological polar surface area (TPSA) is 70.2 Å². The number of carbonyl (C=O) groups excluding carboxylic acids is 1. The monoisotopic (exact) mass is 406 g/mol. The average molecular weight is 407 g/mol. The highest BCUT2D eigenvalue weighted by Crippen LogP contribution is 2.21. The molecular weight excluding hydrogens is 376 g/mol. The molecule has 1 aromatic carbocycles. The number of hydrogen-bond acceptors (Lipinski definition) is 4. The highest BCUT2D eigenvalue weighted by molar-refractivity contribution is 5.94. The summed E-state index contributed by atoms with van der Waals surface area (Å²) in [5, 5.41) is 10.7. The van der Waals surface area contributed by atoms with Gasteiger partial charge in [0.2, 0.25) is 0 Å². The molecule has 1 aromatic heterocycles. The lowest BCUT2D eigenvalue weighted by Gasteiger charge is -2.30. The Balaban J connectivity index is 0.00000280. The molecule has 28 heavy (non-hydrogen) atoms. The van der Waals surface area contributed by atoms with Crippen molar-refractivity contribution in [3.05, 3.63) is 46.8 Å². The van der Waals surface area contributed by atoms with Gasteiger partial charge in [0.15, 0.2) is 5.69 Å². The van der Waals surface area contributed by atoms with Crippen LogP contribution in [0.1, 0.15) is 48.1 Å². The minimum atomic E-state index is 0. The number of H-pyrrole nitrogens is 1. The number of halogens is 1. The minimum Gasteiger partial charge on any atom is -0.497 e. The number of amides is 1. The lowest BCUT2D eigenvalue weighted by Crippen LogP contribution is -2.40. The first-order valence-electron chi connectivity index (χ1n) is 9.56. The molecule has 1 amide bonds. The van der Waals surface area contributed by atoms with Crippen LogP contribution in [0.5, 0.6) is 5.75 Å². The first kappa shape index (κ1) is 22.2. The third-order valence-electron chi connectivity index (χ3n) is 4.79. The molecule has 0 aliphatic carbocycles. The molecule has 0 unspecified atom stereocenters. The van der Waals surface area contributed by atoms with E-state index in [9.17, 15) is 4.79 Å². The molecule has 0 atom stereocenters. The van der Waals surface area contributed by atoms with Gasteiger partial charge in [-0.3, -0.25) is 9.89 Å². The number of methoxy groups -OCH3 is 1. The molecule has 2 aromatic rings. The van der Waals surface area contributed by atoms with E-state index in [-0.39, 0.29) is 23.7 Å². The standard InChI is InChI=1S/C21H30N4O2.ClH/c1-21(2,3)14-25(12-10-15-5-7-16(27-4)8-6-15)20(26)19-17-13-22-11-9-18(17)23-24-19;/h5-8,22H,9-14H2,1-4H3,(H,23,24);1H. The van der Waals surface area contributed by atoms with Crippen LogP contribution in [0.3, 0.4) is 0 Å². The summed E-state index contributed by atoms with van der Waals surface area (Å²) in [4.78, 5) is 15.2. The Morgan fingerprint density at radius 1 is 1.25 bits per heavy atom. The largest absolute Gasteiger partial charge is 0.497 e. The van der Waals surface area contributed by atoms with Gasteiger partial charge in [-0.15, -0.1) is 12.4 Å². The normalized spacial score (nSPS) is 13.4. The number of carbonyl (C=O) groups is 1. The third kappa shape index (κ3) is 5.49. The van der Waals surface area contributed by atoms with Crippen LogP contribution in [-0.4, -0.2) is 47.7 Å². The van der Waals surface area contributed by atoms with E-state index in [0.29, 0.717) is 25.3 Å². The zero-order valence-corrected chi connectivity index (χ0v) is 18.0. The highest BCUT2D eigenvalue weighted by Gasteiger charge is 2.28. The third-order valence-corrected chi connectivity index (χ3v) is 4.79. The maximum atomic E-state index is 13.3. The van der Waals surface area contributed by atoms with Crippen molar-refractivity contribution in [3.8, 4) is 5.75 Å². The van der Waals surface area contributed by atoms with Crippen LogP contribution >= 0.6 is 12.4 Å². The van der Waals surface area contributed by atoms with Gasteiger partial charge >= 0.3 is 0 Å². The van der Waals surface area contributed by atoms with Gasteiger partial charge in [-0.1, -0.05) is 32.9 Å². The Hall–Kier alpha value is -2.05. The molecule has 154 valence electrons. The molecule has 7 heteroatoms. The fourth-order valence-electron chi connectivity index (χ4n) is 3.43. The molecule has 1 aliphatic heterocycles. The predicted octanol–water partition coefficient (Wildman–Crippen LogP) is 3.22. The molecule has 0 saturated heterocycles. The molecule has 0 spiro atoms. The number of rotatable bonds is 6. The fraction of sp³-hybridized carbons (Fsp3) is 0.524. The zero-order valence-electron chi connectivity index (χ0n) is 17.2. The lowest BCUT2D eigenvalue weighted by atomic mass is 9.95. The van der Waals surface area contributed by atoms with Gasteiger partial charge < -0.3 is 15.0 Å². The van der Waals surface area contributed by atoms with Crippen molar-refractivity contribution in [1.82, 2.24) is 20.4 Å². The number of nitrogens with zero attached hydrogens (tertiary/aromatic N) is 2. The van der Waals surface area contributed by atoms with Gasteiger partial charge in [0, 0.05) is 43.9 Å². The van der Waals surface area contributed by atoms with Crippen LogP contribution in [0.4, 0.5) is 0 Å². The number of hydrogen-bond donors (Lipinski definition) is 2. The van der Waals surface area contributed by atoms with Crippen LogP contribution in [0, 0.1) is 5.41 Å². The van der Waals surface area contributed by atoms with E-state index in [1.807, 2.05) is 17.0 Å². The predicted molar refractivity (Wildman–Crippen MR) is 113 cm³/mol. The summed E-state index contributed by atoms with van der Waals surface area (Å²) in [5.41, 5.74) is 3.88. The van der Waals surface area contributed by atoms with Crippen molar-refractivity contribution in [2.24, 2.45) is 5.41 Å². The van der Waals surface area contributed by atoms with E-state index in [0.717, 1.165) is 36.4 Å². The molecule has 0 radical (unpaired) electrons. The van der Waals surface area contributed by atoms with Crippen molar-refractivity contribution < 1.29 is 9.53 Å². The summed E-state index contributed by atoms with van der Waals surface area (Å²) < 4.78 is 5.22. The zero-order chi connectivity index (χ0) is 19.4. The second kappa shape index (κ2) is 9.43. The van der Waals surface area contributed by atoms with E-state index < -0.39 is 0 Å². The molecule has 0 bridgehead atoms. The molecule has 2 N–H and O–H groups in total. The van der Waals surface area contributed by atoms with Crippen molar-refractivity contribution in [3.63, 3.8) is 0 Å². The summed E-state index contributed by atoms with van der Waals surface area (Å²) in [6, 6.07) is 8.03. The Kier molecular flexibility index (Phi) is 7.49. The van der Waals surface area contributed by atoms with Gasteiger partial charge in [-0.25, -0.2) is 0 Å². The highest BCUT2D eigenvalue weighted by atomic mass is 35.5. The van der Waals surface area contributed by atoms with Crippen LogP contribution in [0.15, 0.2) is 24.3 Å². The fourth-order valence-corrected chi connectivity index (χ4v) is 3.43. The van der Waals surface area contributed by atoms with Crippen molar-refractivity contribution >= 4 is 18.3 Å². The van der Waals surface area contributed by atoms with Gasteiger partial charge in [-0.2, -0.15) is 5.10 Å². The molecular formula is C21H31ClN4O2. The number of aromatic amines is 1. The van der Waals surface area contributed by atoms with E-state index >= 15 is 0 Å². The minimum absolute atomic E-state index is 0. The van der Waals surface area contributed by atoms with Crippen molar-refractivity contribution in [1.29, 1.82) is 0 Å². The van der Waals surface area contributed by atoms with E-state index in [1.165, 1.54) is 5.56 Å². The van der Waals surface area contributed by atoms with Gasteiger partial charge in [0.05, 0.1) is 7.11 Å². The molecule has 1 aliphatic rings. The number of benzene rings is 1. The van der Waals surface area contributed by atoms with Crippen molar-refractivity contribution in [2.45, 2.75) is 40.2 Å². The summed E-state index contributed by atoms with van der Waals surface area (Å²) in [5.74, 6) is 0.858. The van der Waals surface area contributed by atoms with E-state index in [2.05, 4.69) is 48.4 Å². The Morgan fingerprint density at radius 2 is 1.96 bits per heavy atom. The number of nitrogens with one attached hydrogen (secondary N) is 2. The molecule has 0 saturated carbocycles. The molecule has 6 nitrogen and oxygen atoms in total. The Morgan fingerprint density at radius 3 is 2.61 bits per heavy atom. The van der Waals surface area contributed by atoms with Crippen LogP contribution in [0.2, 0.25) is 0 Å². The van der Waals surface area contributed by atoms with Crippen LogP contribution in [0.25, 0.3) is 0 Å². The Bertz CT molecular complexity index is 781. The second-order valence-corrected chi connectivity index (χ2v) is 8.34.